The third kappa shape index (κ3) is 3.69. The van der Waals surface area contributed by atoms with Crippen LogP contribution in [-0.2, 0) is 6.54 Å². The molecule has 0 bridgehead atoms. The number of aliphatic hydroxyl groups excluding tert-OH is 1. The molecule has 4 nitrogen and oxygen atoms in total. The standard InChI is InChI=1S/C14H19ClN2O2/c15-12-6-9(14(16)19)4-5-10(12)7-17-8-11-2-1-3-13(11)18/h4-6,11,13,17-18H,1-3,7-8H2,(H2,16,19). The highest BCUT2D eigenvalue weighted by Crippen LogP contribution is 2.25. The quantitative estimate of drug-likeness (QED) is 0.769. The topological polar surface area (TPSA) is 75.4 Å². The number of rotatable bonds is 5. The first-order valence-corrected chi connectivity index (χ1v) is 6.92. The molecule has 0 aliphatic heterocycles. The fraction of sp³-hybridized carbons (Fsp3) is 0.500. The highest BCUT2D eigenvalue weighted by Gasteiger charge is 2.24. The van der Waals surface area contributed by atoms with Gasteiger partial charge in [-0.1, -0.05) is 24.1 Å². The monoisotopic (exact) mass is 282 g/mol. The van der Waals surface area contributed by atoms with Gasteiger partial charge in [0, 0.05) is 23.7 Å². The van der Waals surface area contributed by atoms with Gasteiger partial charge in [-0.25, -0.2) is 0 Å². The minimum atomic E-state index is -0.476. The highest BCUT2D eigenvalue weighted by molar-refractivity contribution is 6.31. The Labute approximate surface area is 117 Å². The van der Waals surface area contributed by atoms with Crippen molar-refractivity contribution in [3.63, 3.8) is 0 Å². The summed E-state index contributed by atoms with van der Waals surface area (Å²) < 4.78 is 0. The summed E-state index contributed by atoms with van der Waals surface area (Å²) in [5.74, 6) is -0.140. The first-order chi connectivity index (χ1) is 9.08. The smallest absolute Gasteiger partial charge is 0.248 e. The lowest BCUT2D eigenvalue weighted by molar-refractivity contribution is 0.1000. The van der Waals surface area contributed by atoms with Crippen LogP contribution in [0.4, 0.5) is 0 Å². The number of hydrogen-bond acceptors (Lipinski definition) is 3. The summed E-state index contributed by atoms with van der Waals surface area (Å²) in [5, 5.41) is 13.6. The molecule has 1 saturated carbocycles. The number of carbonyl (C=O) groups excluding carboxylic acids is 1. The Morgan fingerprint density at radius 3 is 2.84 bits per heavy atom. The Morgan fingerprint density at radius 2 is 2.26 bits per heavy atom. The van der Waals surface area contributed by atoms with Crippen molar-refractivity contribution in [3.8, 4) is 0 Å². The van der Waals surface area contributed by atoms with E-state index in [1.807, 2.05) is 0 Å². The second-order valence-corrected chi connectivity index (χ2v) is 5.47. The van der Waals surface area contributed by atoms with Crippen molar-refractivity contribution in [2.75, 3.05) is 6.54 Å². The van der Waals surface area contributed by atoms with Crippen LogP contribution < -0.4 is 11.1 Å². The van der Waals surface area contributed by atoms with E-state index in [1.165, 1.54) is 0 Å². The van der Waals surface area contributed by atoms with Gasteiger partial charge in [-0.3, -0.25) is 4.79 Å². The molecule has 1 aromatic rings. The average molecular weight is 283 g/mol. The first-order valence-electron chi connectivity index (χ1n) is 6.55. The van der Waals surface area contributed by atoms with Crippen molar-refractivity contribution in [3.05, 3.63) is 34.3 Å². The molecule has 1 aliphatic rings. The molecule has 104 valence electrons. The number of hydrogen-bond donors (Lipinski definition) is 3. The van der Waals surface area contributed by atoms with Crippen molar-refractivity contribution in [1.29, 1.82) is 0 Å². The normalized spacial score (nSPS) is 22.6. The third-order valence-corrected chi connectivity index (χ3v) is 4.03. The van der Waals surface area contributed by atoms with Crippen molar-refractivity contribution >= 4 is 17.5 Å². The molecule has 1 amide bonds. The largest absolute Gasteiger partial charge is 0.393 e. The maximum absolute atomic E-state index is 11.0. The summed E-state index contributed by atoms with van der Waals surface area (Å²) in [7, 11) is 0. The van der Waals surface area contributed by atoms with Gasteiger partial charge in [0.1, 0.15) is 0 Å². The van der Waals surface area contributed by atoms with E-state index in [-0.39, 0.29) is 6.10 Å². The van der Waals surface area contributed by atoms with E-state index in [1.54, 1.807) is 18.2 Å². The second kappa shape index (κ2) is 6.37. The SMILES string of the molecule is NC(=O)c1ccc(CNCC2CCCC2O)c(Cl)c1. The summed E-state index contributed by atoms with van der Waals surface area (Å²) in [6, 6.07) is 5.07. The van der Waals surface area contributed by atoms with Gasteiger partial charge in [0.25, 0.3) is 0 Å². The minimum absolute atomic E-state index is 0.180. The third-order valence-electron chi connectivity index (χ3n) is 3.68. The molecule has 0 aromatic heterocycles. The van der Waals surface area contributed by atoms with Crippen LogP contribution in [0.15, 0.2) is 18.2 Å². The number of carbonyl (C=O) groups is 1. The molecule has 0 saturated heterocycles. The van der Waals surface area contributed by atoms with Crippen molar-refractivity contribution in [1.82, 2.24) is 5.32 Å². The maximum atomic E-state index is 11.0. The van der Waals surface area contributed by atoms with Gasteiger partial charge in [-0.2, -0.15) is 0 Å². The van der Waals surface area contributed by atoms with E-state index in [0.717, 1.165) is 31.4 Å². The zero-order valence-corrected chi connectivity index (χ0v) is 11.5. The Hall–Kier alpha value is -1.10. The number of nitrogens with one attached hydrogen (secondary N) is 1. The lowest BCUT2D eigenvalue weighted by Crippen LogP contribution is -2.27. The Kier molecular flexibility index (Phi) is 4.80. The molecular weight excluding hydrogens is 264 g/mol. The van der Waals surface area contributed by atoms with E-state index < -0.39 is 5.91 Å². The van der Waals surface area contributed by atoms with E-state index in [4.69, 9.17) is 17.3 Å². The Morgan fingerprint density at radius 1 is 1.47 bits per heavy atom. The molecule has 1 aromatic carbocycles. The van der Waals surface area contributed by atoms with E-state index in [2.05, 4.69) is 5.32 Å². The predicted octanol–water partition coefficient (Wildman–Crippen LogP) is 1.69. The molecule has 1 fully saturated rings. The van der Waals surface area contributed by atoms with Crippen LogP contribution in [0.2, 0.25) is 5.02 Å². The first kappa shape index (κ1) is 14.3. The molecule has 4 N–H and O–H groups in total. The molecule has 0 radical (unpaired) electrons. The number of amides is 1. The number of benzene rings is 1. The Balaban J connectivity index is 1.87. The van der Waals surface area contributed by atoms with Crippen LogP contribution in [0.3, 0.4) is 0 Å². The van der Waals surface area contributed by atoms with Gasteiger partial charge in [0.05, 0.1) is 6.10 Å². The number of primary amides is 1. The molecule has 5 heteroatoms. The molecule has 0 heterocycles. The van der Waals surface area contributed by atoms with Crippen LogP contribution in [-0.4, -0.2) is 23.7 Å². The number of halogens is 1. The molecule has 0 spiro atoms. The lowest BCUT2D eigenvalue weighted by atomic mass is 10.1. The zero-order chi connectivity index (χ0) is 13.8. The van der Waals surface area contributed by atoms with E-state index in [0.29, 0.717) is 23.0 Å². The lowest BCUT2D eigenvalue weighted by Gasteiger charge is -2.15. The number of nitrogens with two attached hydrogens (primary N) is 1. The van der Waals surface area contributed by atoms with Crippen molar-refractivity contribution in [2.24, 2.45) is 11.7 Å². The molecule has 2 atom stereocenters. The zero-order valence-electron chi connectivity index (χ0n) is 10.7. The summed E-state index contributed by atoms with van der Waals surface area (Å²) in [5.41, 5.74) is 6.54. The van der Waals surface area contributed by atoms with Gasteiger partial charge in [-0.15, -0.1) is 0 Å². The highest BCUT2D eigenvalue weighted by atomic mass is 35.5. The fourth-order valence-corrected chi connectivity index (χ4v) is 2.74. The summed E-state index contributed by atoms with van der Waals surface area (Å²) in [6.45, 7) is 1.41. The maximum Gasteiger partial charge on any atom is 0.248 e. The molecule has 19 heavy (non-hydrogen) atoms. The Bertz CT molecular complexity index is 465. The van der Waals surface area contributed by atoms with Crippen LogP contribution in [0.1, 0.15) is 35.2 Å². The van der Waals surface area contributed by atoms with Crippen LogP contribution in [0.25, 0.3) is 0 Å². The van der Waals surface area contributed by atoms with Gasteiger partial charge >= 0.3 is 0 Å². The number of aliphatic hydroxyl groups is 1. The van der Waals surface area contributed by atoms with E-state index >= 15 is 0 Å². The molecule has 1 aliphatic carbocycles. The van der Waals surface area contributed by atoms with Crippen molar-refractivity contribution in [2.45, 2.75) is 31.9 Å². The summed E-state index contributed by atoms with van der Waals surface area (Å²) in [6.07, 6.45) is 2.89. The molecule has 2 unspecified atom stereocenters. The predicted molar refractivity (Wildman–Crippen MR) is 75.0 cm³/mol. The molecule has 2 rings (SSSR count). The fourth-order valence-electron chi connectivity index (χ4n) is 2.49. The summed E-state index contributed by atoms with van der Waals surface area (Å²) in [4.78, 5) is 11.0. The average Bonchev–Trinajstić information content (AvgIpc) is 2.77. The van der Waals surface area contributed by atoms with Crippen LogP contribution in [0, 0.1) is 5.92 Å². The van der Waals surface area contributed by atoms with Crippen LogP contribution in [0.5, 0.6) is 0 Å². The van der Waals surface area contributed by atoms with Gasteiger partial charge in [-0.05, 0) is 36.5 Å². The van der Waals surface area contributed by atoms with Gasteiger partial charge < -0.3 is 16.2 Å². The van der Waals surface area contributed by atoms with E-state index in [9.17, 15) is 9.90 Å². The van der Waals surface area contributed by atoms with Gasteiger partial charge in [0.15, 0.2) is 0 Å². The van der Waals surface area contributed by atoms with Crippen LogP contribution >= 0.6 is 11.6 Å². The summed E-state index contributed by atoms with van der Waals surface area (Å²) >= 11 is 6.10. The second-order valence-electron chi connectivity index (χ2n) is 5.06. The van der Waals surface area contributed by atoms with Gasteiger partial charge in [0.2, 0.25) is 5.91 Å². The molecular formula is C14H19ClN2O2. The minimum Gasteiger partial charge on any atom is -0.393 e. The van der Waals surface area contributed by atoms with Crippen molar-refractivity contribution < 1.29 is 9.90 Å².